The Hall–Kier alpha value is 0.127. The second-order valence-electron chi connectivity index (χ2n) is 3.80. The average molecular weight is 283 g/mol. The predicted molar refractivity (Wildman–Crippen MR) is 63.4 cm³/mol. The summed E-state index contributed by atoms with van der Waals surface area (Å²) in [4.78, 5) is 11.3. The Bertz CT molecular complexity index is 179. The lowest BCUT2D eigenvalue weighted by molar-refractivity contribution is -0.145. The lowest BCUT2D eigenvalue weighted by Gasteiger charge is -2.15. The summed E-state index contributed by atoms with van der Waals surface area (Å²) >= 11 is 3.25. The summed E-state index contributed by atoms with van der Waals surface area (Å²) < 4.78 is 9.72. The number of carbonyl (C=O) groups is 1. The second kappa shape index (κ2) is 6.58. The molecule has 0 fully saturated rings. The van der Waals surface area contributed by atoms with Gasteiger partial charge in [-0.3, -0.25) is 4.79 Å². The first-order valence-corrected chi connectivity index (χ1v) is 8.00. The van der Waals surface area contributed by atoms with Crippen molar-refractivity contribution in [2.45, 2.75) is 37.2 Å². The van der Waals surface area contributed by atoms with Gasteiger partial charge in [-0.05, 0) is 32.9 Å². The maximum atomic E-state index is 11.3. The lowest BCUT2D eigenvalue weighted by Crippen LogP contribution is -2.27. The van der Waals surface area contributed by atoms with Crippen molar-refractivity contribution < 1.29 is 14.0 Å². The fourth-order valence-corrected chi connectivity index (χ4v) is 1.92. The molecule has 0 rings (SSSR count). The van der Waals surface area contributed by atoms with Crippen LogP contribution in [0.5, 0.6) is 0 Å². The van der Waals surface area contributed by atoms with Gasteiger partial charge < -0.3 is 9.16 Å². The highest BCUT2D eigenvalue weighted by Crippen LogP contribution is 2.17. The number of rotatable bonds is 6. The van der Waals surface area contributed by atoms with Gasteiger partial charge >= 0.3 is 5.97 Å². The largest absolute Gasteiger partial charge is 0.465 e. The van der Waals surface area contributed by atoms with Crippen molar-refractivity contribution in [3.8, 4) is 0 Å². The van der Waals surface area contributed by atoms with E-state index in [-0.39, 0.29) is 5.97 Å². The van der Waals surface area contributed by atoms with Crippen LogP contribution in [0, 0.1) is 0 Å². The molecule has 14 heavy (non-hydrogen) atoms. The molecule has 1 unspecified atom stereocenters. The molecule has 0 N–H and O–H groups in total. The number of carbonyl (C=O) groups excluding carboxylic acids is 1. The van der Waals surface area contributed by atoms with E-state index in [9.17, 15) is 4.79 Å². The Morgan fingerprint density at radius 3 is 2.50 bits per heavy atom. The molecule has 0 aliphatic carbocycles. The molecule has 0 bridgehead atoms. The fraction of sp³-hybridized carbons (Fsp3) is 0.889. The summed E-state index contributed by atoms with van der Waals surface area (Å²) in [6.07, 6.45) is 0.899. The molecule has 0 spiro atoms. The van der Waals surface area contributed by atoms with Crippen LogP contribution in [0.3, 0.4) is 0 Å². The van der Waals surface area contributed by atoms with Crippen molar-refractivity contribution in [3.63, 3.8) is 0 Å². The van der Waals surface area contributed by atoms with E-state index < -0.39 is 13.4 Å². The predicted octanol–water partition coefficient (Wildman–Crippen LogP) is 2.09. The third-order valence-electron chi connectivity index (χ3n) is 1.88. The molecular formula is C9H19BrO3Si. The number of ether oxygens (including phenoxy) is 1. The van der Waals surface area contributed by atoms with Gasteiger partial charge in [0.2, 0.25) is 0 Å². The van der Waals surface area contributed by atoms with E-state index >= 15 is 0 Å². The van der Waals surface area contributed by atoms with E-state index in [0.29, 0.717) is 6.61 Å². The molecule has 0 heterocycles. The van der Waals surface area contributed by atoms with Gasteiger partial charge in [0, 0.05) is 7.11 Å². The topological polar surface area (TPSA) is 35.5 Å². The number of hydrogen-bond acceptors (Lipinski definition) is 3. The second-order valence-corrected chi connectivity index (χ2v) is 8.45. The Balaban J connectivity index is 3.51. The van der Waals surface area contributed by atoms with Gasteiger partial charge in [0.15, 0.2) is 9.04 Å². The lowest BCUT2D eigenvalue weighted by atomic mass is 10.2. The molecule has 0 amide bonds. The minimum absolute atomic E-state index is 0.204. The first-order valence-electron chi connectivity index (χ1n) is 4.77. The summed E-state index contributed by atoms with van der Waals surface area (Å²) in [6.45, 7) is 6.19. The molecule has 84 valence electrons. The van der Waals surface area contributed by atoms with E-state index in [4.69, 9.17) is 9.16 Å². The Morgan fingerprint density at radius 1 is 1.50 bits per heavy atom. The molecular weight excluding hydrogens is 264 g/mol. The van der Waals surface area contributed by atoms with Gasteiger partial charge in [-0.25, -0.2) is 0 Å². The summed E-state index contributed by atoms with van der Waals surface area (Å²) in [5.41, 5.74) is 0. The van der Waals surface area contributed by atoms with Gasteiger partial charge in [0.05, 0.1) is 6.61 Å². The summed E-state index contributed by atoms with van der Waals surface area (Å²) in [7, 11) is 0.751. The average Bonchev–Trinajstić information content (AvgIpc) is 2.09. The van der Waals surface area contributed by atoms with Crippen molar-refractivity contribution >= 4 is 30.9 Å². The first-order chi connectivity index (χ1) is 6.38. The van der Waals surface area contributed by atoms with Crippen molar-refractivity contribution in [2.24, 2.45) is 0 Å². The standard InChI is InChI=1S/C9H19BrO3Si/c1-9(2,10)8(11)13-6-5-7-14(4)12-3/h14H,5-7H2,1-4H3. The monoisotopic (exact) mass is 282 g/mol. The summed E-state index contributed by atoms with van der Waals surface area (Å²) in [5.74, 6) is -0.204. The third-order valence-corrected chi connectivity index (χ3v) is 4.23. The van der Waals surface area contributed by atoms with E-state index in [1.165, 1.54) is 0 Å². The van der Waals surface area contributed by atoms with Crippen molar-refractivity contribution in [1.82, 2.24) is 0 Å². The first kappa shape index (κ1) is 14.1. The van der Waals surface area contributed by atoms with Crippen LogP contribution >= 0.6 is 15.9 Å². The number of esters is 1. The summed E-state index contributed by atoms with van der Waals surface area (Å²) in [6, 6.07) is 1.05. The minimum atomic E-state index is -0.989. The van der Waals surface area contributed by atoms with Gasteiger partial charge in [-0.15, -0.1) is 0 Å². The highest BCUT2D eigenvalue weighted by molar-refractivity contribution is 9.10. The molecule has 0 aromatic heterocycles. The molecule has 0 radical (unpaired) electrons. The van der Waals surface area contributed by atoms with Crippen molar-refractivity contribution in [2.75, 3.05) is 13.7 Å². The molecule has 0 saturated carbocycles. The van der Waals surface area contributed by atoms with Crippen LogP contribution in [0.4, 0.5) is 0 Å². The van der Waals surface area contributed by atoms with E-state index in [1.807, 2.05) is 0 Å². The van der Waals surface area contributed by atoms with Crippen LogP contribution < -0.4 is 0 Å². The van der Waals surface area contributed by atoms with Crippen LogP contribution in [0.25, 0.3) is 0 Å². The molecule has 3 nitrogen and oxygen atoms in total. The van der Waals surface area contributed by atoms with Crippen LogP contribution in [-0.4, -0.2) is 33.1 Å². The van der Waals surface area contributed by atoms with Crippen molar-refractivity contribution in [1.29, 1.82) is 0 Å². The van der Waals surface area contributed by atoms with Gasteiger partial charge in [0.25, 0.3) is 0 Å². The smallest absolute Gasteiger partial charge is 0.322 e. The van der Waals surface area contributed by atoms with Crippen LogP contribution in [0.1, 0.15) is 20.3 Å². The molecule has 0 saturated heterocycles. The van der Waals surface area contributed by atoms with Crippen LogP contribution in [0.2, 0.25) is 12.6 Å². The van der Waals surface area contributed by atoms with Gasteiger partial charge in [-0.2, -0.15) is 0 Å². The van der Waals surface area contributed by atoms with Gasteiger partial charge in [0.1, 0.15) is 4.32 Å². The molecule has 0 aromatic carbocycles. The van der Waals surface area contributed by atoms with E-state index in [0.717, 1.165) is 12.5 Å². The fourth-order valence-electron chi connectivity index (χ4n) is 0.825. The minimum Gasteiger partial charge on any atom is -0.465 e. The highest BCUT2D eigenvalue weighted by Gasteiger charge is 2.25. The molecule has 0 aliphatic heterocycles. The highest BCUT2D eigenvalue weighted by atomic mass is 79.9. The number of halogens is 1. The zero-order valence-electron chi connectivity index (χ0n) is 9.30. The molecule has 1 atom stereocenters. The molecule has 5 heteroatoms. The van der Waals surface area contributed by atoms with E-state index in [1.54, 1.807) is 21.0 Å². The normalized spacial score (nSPS) is 13.8. The van der Waals surface area contributed by atoms with Gasteiger partial charge in [-0.1, -0.05) is 15.9 Å². The maximum Gasteiger partial charge on any atom is 0.322 e. The van der Waals surface area contributed by atoms with Crippen LogP contribution in [-0.2, 0) is 14.0 Å². The number of alkyl halides is 1. The molecule has 0 aromatic rings. The quantitative estimate of drug-likeness (QED) is 0.324. The Morgan fingerprint density at radius 2 is 2.07 bits per heavy atom. The van der Waals surface area contributed by atoms with E-state index in [2.05, 4.69) is 22.5 Å². The zero-order chi connectivity index (χ0) is 11.2. The maximum absolute atomic E-state index is 11.3. The zero-order valence-corrected chi connectivity index (χ0v) is 12.0. The third kappa shape index (κ3) is 6.56. The van der Waals surface area contributed by atoms with Crippen LogP contribution in [0.15, 0.2) is 0 Å². The summed E-state index contributed by atoms with van der Waals surface area (Å²) in [5, 5.41) is 0. The van der Waals surface area contributed by atoms with Crippen molar-refractivity contribution in [3.05, 3.63) is 0 Å². The molecule has 0 aliphatic rings. The Kier molecular flexibility index (Phi) is 6.64. The number of hydrogen-bond donors (Lipinski definition) is 0. The SMILES string of the molecule is CO[SiH](C)CCCOC(=O)C(C)(C)Br. The Labute approximate surface area is 96.0 Å².